The van der Waals surface area contributed by atoms with Gasteiger partial charge in [0.15, 0.2) is 5.13 Å². The summed E-state index contributed by atoms with van der Waals surface area (Å²) in [4.78, 5) is 20.0. The van der Waals surface area contributed by atoms with Crippen LogP contribution in [0.25, 0.3) is 11.3 Å². The lowest BCUT2D eigenvalue weighted by molar-refractivity contribution is 0.102. The van der Waals surface area contributed by atoms with Gasteiger partial charge in [0.2, 0.25) is 10.0 Å². The lowest BCUT2D eigenvalue weighted by Gasteiger charge is -2.30. The van der Waals surface area contributed by atoms with E-state index in [0.29, 0.717) is 29.7 Å². The SMILES string of the molecule is C[C@@H]1CCCN(S(=O)(=O)c2ccc(C(=O)Nc3nc4c(s3)CSc3ccccc3-4)cc2)C1. The van der Waals surface area contributed by atoms with E-state index in [9.17, 15) is 13.2 Å². The number of thioether (sulfide) groups is 1. The largest absolute Gasteiger partial charge is 0.298 e. The number of anilines is 1. The molecule has 1 N–H and O–H groups in total. The molecule has 2 aliphatic heterocycles. The summed E-state index contributed by atoms with van der Waals surface area (Å²) in [6.07, 6.45) is 1.93. The van der Waals surface area contributed by atoms with Crippen LogP contribution < -0.4 is 5.32 Å². The predicted octanol–water partition coefficient (Wildman–Crippen LogP) is 5.09. The lowest BCUT2D eigenvalue weighted by Crippen LogP contribution is -2.39. The van der Waals surface area contributed by atoms with E-state index < -0.39 is 10.0 Å². The van der Waals surface area contributed by atoms with E-state index in [4.69, 9.17) is 0 Å². The molecule has 166 valence electrons. The summed E-state index contributed by atoms with van der Waals surface area (Å²) in [5, 5.41) is 3.43. The van der Waals surface area contributed by atoms with Crippen molar-refractivity contribution < 1.29 is 13.2 Å². The van der Waals surface area contributed by atoms with E-state index in [1.54, 1.807) is 28.2 Å². The van der Waals surface area contributed by atoms with Crippen molar-refractivity contribution in [2.45, 2.75) is 35.3 Å². The molecular formula is C23H23N3O3S3. The molecule has 0 aliphatic carbocycles. The van der Waals surface area contributed by atoms with Gasteiger partial charge in [-0.05, 0) is 49.1 Å². The number of benzene rings is 2. The van der Waals surface area contributed by atoms with Crippen LogP contribution in [0.1, 0.15) is 35.0 Å². The summed E-state index contributed by atoms with van der Waals surface area (Å²) in [5.41, 5.74) is 2.42. The fourth-order valence-electron chi connectivity index (χ4n) is 4.11. The summed E-state index contributed by atoms with van der Waals surface area (Å²) >= 11 is 3.25. The predicted molar refractivity (Wildman–Crippen MR) is 129 cm³/mol. The number of aromatic nitrogens is 1. The van der Waals surface area contributed by atoms with E-state index in [-0.39, 0.29) is 10.8 Å². The summed E-state index contributed by atoms with van der Waals surface area (Å²) < 4.78 is 27.4. The van der Waals surface area contributed by atoms with Crippen molar-refractivity contribution in [1.82, 2.24) is 9.29 Å². The molecule has 0 spiro atoms. The Hall–Kier alpha value is -2.20. The molecule has 9 heteroatoms. The molecule has 2 aromatic carbocycles. The van der Waals surface area contributed by atoms with Gasteiger partial charge in [-0.15, -0.1) is 23.1 Å². The van der Waals surface area contributed by atoms with Gasteiger partial charge in [0.1, 0.15) is 0 Å². The summed E-state index contributed by atoms with van der Waals surface area (Å²) in [5.74, 6) is 0.896. The van der Waals surface area contributed by atoms with E-state index in [2.05, 4.69) is 23.3 Å². The summed E-state index contributed by atoms with van der Waals surface area (Å²) in [6, 6.07) is 14.3. The number of nitrogens with one attached hydrogen (secondary N) is 1. The molecule has 1 saturated heterocycles. The molecule has 3 aromatic rings. The van der Waals surface area contributed by atoms with Crippen LogP contribution in [0.4, 0.5) is 5.13 Å². The Balaban J connectivity index is 1.32. The Morgan fingerprint density at radius 3 is 2.72 bits per heavy atom. The van der Waals surface area contributed by atoms with Crippen LogP contribution in [0.2, 0.25) is 0 Å². The number of sulfonamides is 1. The first-order valence-electron chi connectivity index (χ1n) is 10.6. The average molecular weight is 486 g/mol. The zero-order chi connectivity index (χ0) is 22.3. The first-order chi connectivity index (χ1) is 15.4. The number of carbonyl (C=O) groups is 1. The highest BCUT2D eigenvalue weighted by atomic mass is 32.2. The topological polar surface area (TPSA) is 79.4 Å². The number of thiazole rings is 1. The summed E-state index contributed by atoms with van der Waals surface area (Å²) in [6.45, 7) is 3.16. The highest BCUT2D eigenvalue weighted by Crippen LogP contribution is 2.44. The minimum Gasteiger partial charge on any atom is -0.298 e. The zero-order valence-corrected chi connectivity index (χ0v) is 20.0. The number of rotatable bonds is 4. The molecule has 5 rings (SSSR count). The standard InChI is InChI=1S/C23H23N3O3S3/c1-15-5-4-12-26(13-15)32(28,29)17-10-8-16(9-11-17)22(27)25-23-24-21-18-6-2-3-7-19(18)30-14-20(21)31-23/h2-3,6-11,15H,4-5,12-14H2,1H3,(H,24,25,27)/t15-/m1/s1. The van der Waals surface area contributed by atoms with Crippen LogP contribution in [0.5, 0.6) is 0 Å². The third kappa shape index (κ3) is 4.10. The van der Waals surface area contributed by atoms with Gasteiger partial charge in [0, 0.05) is 39.7 Å². The third-order valence-electron chi connectivity index (χ3n) is 5.79. The van der Waals surface area contributed by atoms with Crippen molar-refractivity contribution in [3.63, 3.8) is 0 Å². The second kappa shape index (κ2) is 8.62. The third-order valence-corrected chi connectivity index (χ3v) is 9.93. The summed E-state index contributed by atoms with van der Waals surface area (Å²) in [7, 11) is -3.54. The minimum atomic E-state index is -3.54. The lowest BCUT2D eigenvalue weighted by atomic mass is 10.0. The molecule has 32 heavy (non-hydrogen) atoms. The highest BCUT2D eigenvalue weighted by Gasteiger charge is 2.29. The van der Waals surface area contributed by atoms with Crippen LogP contribution in [0.3, 0.4) is 0 Å². The van der Waals surface area contributed by atoms with Crippen molar-refractivity contribution in [2.75, 3.05) is 18.4 Å². The molecule has 1 fully saturated rings. The Morgan fingerprint density at radius 2 is 1.94 bits per heavy atom. The molecule has 1 amide bonds. The first kappa shape index (κ1) is 21.6. The Kier molecular flexibility index (Phi) is 5.83. The van der Waals surface area contributed by atoms with Crippen molar-refractivity contribution in [1.29, 1.82) is 0 Å². The van der Waals surface area contributed by atoms with Gasteiger partial charge in [-0.25, -0.2) is 13.4 Å². The van der Waals surface area contributed by atoms with Gasteiger partial charge < -0.3 is 0 Å². The molecule has 6 nitrogen and oxygen atoms in total. The smallest absolute Gasteiger partial charge is 0.257 e. The van der Waals surface area contributed by atoms with Crippen molar-refractivity contribution in [3.05, 3.63) is 59.0 Å². The van der Waals surface area contributed by atoms with Crippen LogP contribution >= 0.6 is 23.1 Å². The zero-order valence-electron chi connectivity index (χ0n) is 17.6. The minimum absolute atomic E-state index is 0.224. The second-order valence-corrected chi connectivity index (χ2v) is 12.2. The van der Waals surface area contributed by atoms with E-state index in [1.165, 1.54) is 28.4 Å². The molecule has 1 aromatic heterocycles. The van der Waals surface area contributed by atoms with E-state index in [1.807, 2.05) is 18.2 Å². The van der Waals surface area contributed by atoms with Gasteiger partial charge in [-0.1, -0.05) is 25.1 Å². The normalized spacial score (nSPS) is 18.6. The Bertz CT molecular complexity index is 1270. The monoisotopic (exact) mass is 485 g/mol. The number of nitrogens with zero attached hydrogens (tertiary/aromatic N) is 2. The maximum Gasteiger partial charge on any atom is 0.257 e. The maximum atomic E-state index is 12.9. The second-order valence-electron chi connectivity index (χ2n) is 8.16. The molecule has 2 aliphatic rings. The van der Waals surface area contributed by atoms with Crippen molar-refractivity contribution in [2.24, 2.45) is 5.92 Å². The first-order valence-corrected chi connectivity index (χ1v) is 13.8. The molecule has 3 heterocycles. The molecule has 1 atom stereocenters. The van der Waals surface area contributed by atoms with Gasteiger partial charge in [-0.2, -0.15) is 4.31 Å². The number of carbonyl (C=O) groups excluding carboxylic acids is 1. The quantitative estimate of drug-likeness (QED) is 0.557. The molecule has 0 unspecified atom stereocenters. The van der Waals surface area contributed by atoms with E-state index >= 15 is 0 Å². The Morgan fingerprint density at radius 1 is 1.16 bits per heavy atom. The van der Waals surface area contributed by atoms with Crippen LogP contribution in [0.15, 0.2) is 58.3 Å². The number of piperidine rings is 1. The van der Waals surface area contributed by atoms with Gasteiger partial charge in [0.05, 0.1) is 10.6 Å². The fraction of sp³-hybridized carbons (Fsp3) is 0.304. The number of hydrogen-bond acceptors (Lipinski definition) is 6. The van der Waals surface area contributed by atoms with Crippen molar-refractivity contribution >= 4 is 44.2 Å². The molecular weight excluding hydrogens is 462 g/mol. The molecule has 0 saturated carbocycles. The number of fused-ring (bicyclic) bond motifs is 3. The number of amides is 1. The van der Waals surface area contributed by atoms with E-state index in [0.717, 1.165) is 34.7 Å². The average Bonchev–Trinajstić information content (AvgIpc) is 3.22. The van der Waals surface area contributed by atoms with Gasteiger partial charge >= 0.3 is 0 Å². The maximum absolute atomic E-state index is 12.9. The van der Waals surface area contributed by atoms with Crippen LogP contribution in [-0.2, 0) is 15.8 Å². The van der Waals surface area contributed by atoms with Crippen LogP contribution in [0, 0.1) is 5.92 Å². The Labute approximate surface area is 196 Å². The molecule has 0 radical (unpaired) electrons. The van der Waals surface area contributed by atoms with Crippen LogP contribution in [-0.4, -0.2) is 36.7 Å². The van der Waals surface area contributed by atoms with Gasteiger partial charge in [0.25, 0.3) is 5.91 Å². The highest BCUT2D eigenvalue weighted by molar-refractivity contribution is 7.98. The fourth-order valence-corrected chi connectivity index (χ4v) is 7.80. The van der Waals surface area contributed by atoms with Gasteiger partial charge in [-0.3, -0.25) is 10.1 Å². The number of hydrogen-bond donors (Lipinski definition) is 1. The molecule has 0 bridgehead atoms. The van der Waals surface area contributed by atoms with Crippen molar-refractivity contribution in [3.8, 4) is 11.3 Å².